The summed E-state index contributed by atoms with van der Waals surface area (Å²) >= 11 is 3.41. The van der Waals surface area contributed by atoms with Gasteiger partial charge < -0.3 is 5.32 Å². The standard InChI is InChI=1S/C11H15N3S2/c1-7(2)9-4-12-11(16-9)13-5-10-14-8(3)6-15-10/h4,6-7H,5H2,1-3H3,(H,12,13). The van der Waals surface area contributed by atoms with Gasteiger partial charge in [0, 0.05) is 22.1 Å². The largest absolute Gasteiger partial charge is 0.355 e. The molecule has 2 heterocycles. The van der Waals surface area contributed by atoms with Gasteiger partial charge in [0.15, 0.2) is 5.13 Å². The quantitative estimate of drug-likeness (QED) is 0.904. The fourth-order valence-corrected chi connectivity index (χ4v) is 2.80. The Hall–Kier alpha value is -0.940. The van der Waals surface area contributed by atoms with E-state index in [0.29, 0.717) is 5.92 Å². The Bertz CT molecular complexity index is 459. The number of hydrogen-bond acceptors (Lipinski definition) is 5. The molecule has 1 N–H and O–H groups in total. The topological polar surface area (TPSA) is 37.8 Å². The van der Waals surface area contributed by atoms with Crippen molar-refractivity contribution in [3.63, 3.8) is 0 Å². The number of aryl methyl sites for hydroxylation is 1. The van der Waals surface area contributed by atoms with E-state index in [4.69, 9.17) is 0 Å². The number of thiazole rings is 2. The minimum Gasteiger partial charge on any atom is -0.355 e. The van der Waals surface area contributed by atoms with Crippen LogP contribution in [-0.2, 0) is 6.54 Å². The SMILES string of the molecule is Cc1csc(CNc2ncc(C(C)C)s2)n1. The van der Waals surface area contributed by atoms with Gasteiger partial charge in [-0.05, 0) is 12.8 Å². The molecule has 3 nitrogen and oxygen atoms in total. The summed E-state index contributed by atoms with van der Waals surface area (Å²) in [6.07, 6.45) is 1.95. The summed E-state index contributed by atoms with van der Waals surface area (Å²) in [6.45, 7) is 7.15. The lowest BCUT2D eigenvalue weighted by Crippen LogP contribution is -1.97. The van der Waals surface area contributed by atoms with Crippen LogP contribution in [0, 0.1) is 6.92 Å². The second-order valence-corrected chi connectivity index (χ2v) is 5.96. The monoisotopic (exact) mass is 253 g/mol. The Labute approximate surface area is 104 Å². The molecule has 2 rings (SSSR count). The molecule has 0 atom stereocenters. The van der Waals surface area contributed by atoms with E-state index in [1.165, 1.54) is 4.88 Å². The Morgan fingerprint density at radius 1 is 1.44 bits per heavy atom. The Morgan fingerprint density at radius 2 is 2.25 bits per heavy atom. The van der Waals surface area contributed by atoms with Crippen LogP contribution in [-0.4, -0.2) is 9.97 Å². The van der Waals surface area contributed by atoms with Crippen molar-refractivity contribution < 1.29 is 0 Å². The molecule has 0 saturated heterocycles. The molecule has 2 aromatic rings. The second kappa shape index (κ2) is 4.93. The summed E-state index contributed by atoms with van der Waals surface area (Å²) in [5, 5.41) is 7.47. The first kappa shape index (κ1) is 11.5. The van der Waals surface area contributed by atoms with Crippen molar-refractivity contribution in [2.75, 3.05) is 5.32 Å². The zero-order valence-electron chi connectivity index (χ0n) is 9.65. The van der Waals surface area contributed by atoms with E-state index in [1.807, 2.05) is 13.1 Å². The average Bonchev–Trinajstić information content (AvgIpc) is 2.83. The van der Waals surface area contributed by atoms with Crippen molar-refractivity contribution in [1.82, 2.24) is 9.97 Å². The van der Waals surface area contributed by atoms with Gasteiger partial charge in [-0.3, -0.25) is 0 Å². The molecule has 0 saturated carbocycles. The van der Waals surface area contributed by atoms with Gasteiger partial charge >= 0.3 is 0 Å². The predicted octanol–water partition coefficient (Wildman–Crippen LogP) is 3.64. The maximum Gasteiger partial charge on any atom is 0.183 e. The molecule has 0 spiro atoms. The third-order valence-electron chi connectivity index (χ3n) is 2.15. The molecule has 0 aromatic carbocycles. The van der Waals surface area contributed by atoms with Crippen LogP contribution in [0.15, 0.2) is 11.6 Å². The van der Waals surface area contributed by atoms with Gasteiger partial charge in [0.05, 0.1) is 6.54 Å². The van der Waals surface area contributed by atoms with Crippen LogP contribution in [0.1, 0.15) is 35.3 Å². The van der Waals surface area contributed by atoms with Gasteiger partial charge in [-0.1, -0.05) is 13.8 Å². The van der Waals surface area contributed by atoms with Crippen LogP contribution in [0.3, 0.4) is 0 Å². The molecule has 5 heteroatoms. The first-order valence-corrected chi connectivity index (χ1v) is 6.95. The Kier molecular flexibility index (Phi) is 3.56. The number of nitrogens with one attached hydrogen (secondary N) is 1. The lowest BCUT2D eigenvalue weighted by Gasteiger charge is -1.99. The van der Waals surface area contributed by atoms with E-state index in [9.17, 15) is 0 Å². The summed E-state index contributed by atoms with van der Waals surface area (Å²) in [5.74, 6) is 0.551. The Morgan fingerprint density at radius 3 is 2.81 bits per heavy atom. The summed E-state index contributed by atoms with van der Waals surface area (Å²) in [4.78, 5) is 10.1. The van der Waals surface area contributed by atoms with E-state index in [0.717, 1.165) is 22.4 Å². The molecule has 0 aliphatic carbocycles. The van der Waals surface area contributed by atoms with Gasteiger partial charge in [-0.25, -0.2) is 9.97 Å². The predicted molar refractivity (Wildman–Crippen MR) is 70.4 cm³/mol. The van der Waals surface area contributed by atoms with E-state index in [-0.39, 0.29) is 0 Å². The molecule has 0 unspecified atom stereocenters. The first-order valence-electron chi connectivity index (χ1n) is 5.25. The zero-order valence-corrected chi connectivity index (χ0v) is 11.3. The summed E-state index contributed by atoms with van der Waals surface area (Å²) in [5.41, 5.74) is 1.09. The van der Waals surface area contributed by atoms with Crippen molar-refractivity contribution in [2.45, 2.75) is 33.2 Å². The van der Waals surface area contributed by atoms with Crippen LogP contribution in [0.2, 0.25) is 0 Å². The zero-order chi connectivity index (χ0) is 11.5. The smallest absolute Gasteiger partial charge is 0.183 e. The minimum atomic E-state index is 0.551. The second-order valence-electron chi connectivity index (χ2n) is 3.96. The van der Waals surface area contributed by atoms with E-state index in [1.54, 1.807) is 22.7 Å². The molecule has 2 aromatic heterocycles. The molecular weight excluding hydrogens is 238 g/mol. The van der Waals surface area contributed by atoms with Gasteiger partial charge in [0.1, 0.15) is 5.01 Å². The molecule has 86 valence electrons. The fourth-order valence-electron chi connectivity index (χ4n) is 1.27. The van der Waals surface area contributed by atoms with Crippen LogP contribution in [0.25, 0.3) is 0 Å². The Balaban J connectivity index is 1.94. The highest BCUT2D eigenvalue weighted by molar-refractivity contribution is 7.15. The molecule has 0 aliphatic rings. The highest BCUT2D eigenvalue weighted by Crippen LogP contribution is 2.25. The van der Waals surface area contributed by atoms with Crippen molar-refractivity contribution in [3.05, 3.63) is 27.2 Å². The maximum atomic E-state index is 4.40. The number of aromatic nitrogens is 2. The summed E-state index contributed by atoms with van der Waals surface area (Å²) < 4.78 is 0. The molecule has 0 aliphatic heterocycles. The molecule has 0 bridgehead atoms. The third-order valence-corrected chi connectivity index (χ3v) is 4.37. The van der Waals surface area contributed by atoms with E-state index < -0.39 is 0 Å². The van der Waals surface area contributed by atoms with Crippen LogP contribution >= 0.6 is 22.7 Å². The normalized spacial score (nSPS) is 11.0. The fraction of sp³-hybridized carbons (Fsp3) is 0.455. The number of nitrogens with zero attached hydrogens (tertiary/aromatic N) is 2. The van der Waals surface area contributed by atoms with Crippen molar-refractivity contribution >= 4 is 27.8 Å². The van der Waals surface area contributed by atoms with E-state index >= 15 is 0 Å². The van der Waals surface area contributed by atoms with Crippen LogP contribution in [0.5, 0.6) is 0 Å². The van der Waals surface area contributed by atoms with Gasteiger partial charge in [-0.2, -0.15) is 0 Å². The molecule has 0 fully saturated rings. The van der Waals surface area contributed by atoms with Crippen LogP contribution in [0.4, 0.5) is 5.13 Å². The molecule has 16 heavy (non-hydrogen) atoms. The highest BCUT2D eigenvalue weighted by Gasteiger charge is 2.05. The van der Waals surface area contributed by atoms with Crippen molar-refractivity contribution in [2.24, 2.45) is 0 Å². The van der Waals surface area contributed by atoms with Gasteiger partial charge in [0.2, 0.25) is 0 Å². The van der Waals surface area contributed by atoms with Gasteiger partial charge in [0.25, 0.3) is 0 Å². The number of anilines is 1. The minimum absolute atomic E-state index is 0.551. The summed E-state index contributed by atoms with van der Waals surface area (Å²) in [6, 6.07) is 0. The molecule has 0 radical (unpaired) electrons. The highest BCUT2D eigenvalue weighted by atomic mass is 32.1. The van der Waals surface area contributed by atoms with Crippen LogP contribution < -0.4 is 5.32 Å². The van der Waals surface area contributed by atoms with Gasteiger partial charge in [-0.15, -0.1) is 22.7 Å². The molecule has 0 amide bonds. The van der Waals surface area contributed by atoms with E-state index in [2.05, 4.69) is 34.5 Å². The average molecular weight is 253 g/mol. The summed E-state index contributed by atoms with van der Waals surface area (Å²) in [7, 11) is 0. The van der Waals surface area contributed by atoms with Crippen molar-refractivity contribution in [1.29, 1.82) is 0 Å². The molecular formula is C11H15N3S2. The first-order chi connectivity index (χ1) is 7.65. The number of hydrogen-bond donors (Lipinski definition) is 1. The third kappa shape index (κ3) is 2.80. The van der Waals surface area contributed by atoms with Crippen molar-refractivity contribution in [3.8, 4) is 0 Å². The lowest BCUT2D eigenvalue weighted by molar-refractivity contribution is 0.885. The number of rotatable bonds is 4. The maximum absolute atomic E-state index is 4.40. The lowest BCUT2D eigenvalue weighted by atomic mass is 10.2.